The Labute approximate surface area is 120 Å². The van der Waals surface area contributed by atoms with Gasteiger partial charge >= 0.3 is 0 Å². The van der Waals surface area contributed by atoms with Crippen LogP contribution in [0.3, 0.4) is 0 Å². The fourth-order valence-corrected chi connectivity index (χ4v) is 4.58. The summed E-state index contributed by atoms with van der Waals surface area (Å²) in [5.74, 6) is 0.167. The maximum atomic E-state index is 11.3. The van der Waals surface area contributed by atoms with Crippen LogP contribution in [0.25, 0.3) is 0 Å². The molecule has 0 aromatic rings. The Bertz CT molecular complexity index is 490. The lowest BCUT2D eigenvalue weighted by Gasteiger charge is -2.32. The first-order valence-corrected chi connectivity index (χ1v) is 10.1. The number of hydrogen-bond acceptors (Lipinski definition) is 10. The van der Waals surface area contributed by atoms with E-state index in [0.717, 1.165) is 0 Å². The molecule has 126 valence electrons. The summed E-state index contributed by atoms with van der Waals surface area (Å²) < 4.78 is 48.6. The third-order valence-electron chi connectivity index (χ3n) is 2.66. The minimum atomic E-state index is -5.84. The van der Waals surface area contributed by atoms with E-state index in [1.165, 1.54) is 0 Å². The Kier molecular flexibility index (Phi) is 6.35. The van der Waals surface area contributed by atoms with Crippen LogP contribution in [0.2, 0.25) is 0 Å². The zero-order valence-corrected chi connectivity index (χ0v) is 13.7. The Hall–Kier alpha value is 0.370. The van der Waals surface area contributed by atoms with Crippen molar-refractivity contribution in [3.63, 3.8) is 0 Å². The van der Waals surface area contributed by atoms with E-state index in [-0.39, 0.29) is 12.0 Å². The van der Waals surface area contributed by atoms with Crippen molar-refractivity contribution < 1.29 is 51.2 Å². The van der Waals surface area contributed by atoms with Gasteiger partial charge in [0.15, 0.2) is 0 Å². The number of ether oxygens (including phenoxy) is 1. The quantitative estimate of drug-likeness (QED) is 0.560. The van der Waals surface area contributed by atoms with E-state index in [0.29, 0.717) is 6.42 Å². The van der Waals surface area contributed by atoms with E-state index in [1.54, 1.807) is 6.92 Å². The van der Waals surface area contributed by atoms with Crippen molar-refractivity contribution in [2.45, 2.75) is 32.5 Å². The highest BCUT2D eigenvalue weighted by Gasteiger charge is 2.31. The second-order valence-electron chi connectivity index (χ2n) is 4.50. The topological polar surface area (TPSA) is 178 Å². The summed E-state index contributed by atoms with van der Waals surface area (Å²) in [6, 6.07) is 0. The van der Waals surface area contributed by atoms with Gasteiger partial charge in [0.25, 0.3) is 23.5 Å². The van der Waals surface area contributed by atoms with Gasteiger partial charge in [-0.15, -0.1) is 0 Å². The van der Waals surface area contributed by atoms with Gasteiger partial charge in [-0.05, 0) is 19.3 Å². The molecule has 1 rings (SSSR count). The average molecular weight is 367 g/mol. The standard InChI is InChI=1S/C7H17O11P3/c1-5-3-7(16-6(5)2)4-15-20(11,12)18-21(13,14)17-19(8,9)10/h5-7H,3-4H2,1-2H3,(H,11,12)(H,13,14)(H2,8,9,10)/p-3/t5-,6?,7+/m1/s1. The van der Waals surface area contributed by atoms with Crippen molar-refractivity contribution in [3.8, 4) is 0 Å². The first-order chi connectivity index (χ1) is 9.30. The predicted octanol–water partition coefficient (Wildman–Crippen LogP) is -0.753. The van der Waals surface area contributed by atoms with Gasteiger partial charge in [-0.1, -0.05) is 6.92 Å². The highest BCUT2D eigenvalue weighted by atomic mass is 31.3. The molecule has 1 heterocycles. The summed E-state index contributed by atoms with van der Waals surface area (Å²) in [5, 5.41) is 0. The van der Waals surface area contributed by atoms with Gasteiger partial charge in [0.2, 0.25) is 0 Å². The lowest BCUT2D eigenvalue weighted by Crippen LogP contribution is -2.20. The minimum absolute atomic E-state index is 0.111. The fourth-order valence-electron chi connectivity index (χ4n) is 1.67. The molecule has 0 aromatic heterocycles. The predicted molar refractivity (Wildman–Crippen MR) is 61.3 cm³/mol. The lowest BCUT2D eigenvalue weighted by atomic mass is 10.0. The first kappa shape index (κ1) is 19.4. The van der Waals surface area contributed by atoms with Crippen LogP contribution in [0.15, 0.2) is 0 Å². The van der Waals surface area contributed by atoms with E-state index >= 15 is 0 Å². The average Bonchev–Trinajstić information content (AvgIpc) is 2.50. The summed E-state index contributed by atoms with van der Waals surface area (Å²) in [4.78, 5) is 40.6. The molecule has 14 heteroatoms. The third kappa shape index (κ3) is 7.45. The van der Waals surface area contributed by atoms with Gasteiger partial charge in [-0.2, -0.15) is 0 Å². The largest absolute Gasteiger partial charge is 0.756 e. The highest BCUT2D eigenvalue weighted by Crippen LogP contribution is 2.61. The summed E-state index contributed by atoms with van der Waals surface area (Å²) in [5.41, 5.74) is 0. The van der Waals surface area contributed by atoms with E-state index in [2.05, 4.69) is 13.1 Å². The Morgan fingerprint density at radius 2 is 1.71 bits per heavy atom. The van der Waals surface area contributed by atoms with Crippen molar-refractivity contribution >= 4 is 23.5 Å². The SMILES string of the molecule is CC1O[C@H](COP(=O)([O-])OP(=O)([O-])OP(=O)([O-])O)C[C@H]1C. The van der Waals surface area contributed by atoms with Gasteiger partial charge in [0.1, 0.15) is 0 Å². The molecule has 0 saturated carbocycles. The number of phosphoric acid groups is 3. The zero-order chi connectivity index (χ0) is 16.5. The smallest absolute Gasteiger partial charge is 0.280 e. The Balaban J connectivity index is 2.52. The Morgan fingerprint density at radius 3 is 2.14 bits per heavy atom. The van der Waals surface area contributed by atoms with Crippen molar-refractivity contribution in [1.82, 2.24) is 0 Å². The molecule has 1 N–H and O–H groups in total. The molecule has 0 spiro atoms. The van der Waals surface area contributed by atoms with Crippen LogP contribution in [0, 0.1) is 5.92 Å². The molecule has 6 atom stereocenters. The van der Waals surface area contributed by atoms with Crippen LogP contribution in [0.1, 0.15) is 20.3 Å². The molecule has 0 bridgehead atoms. The van der Waals surface area contributed by atoms with E-state index < -0.39 is 36.2 Å². The number of hydrogen-bond donors (Lipinski definition) is 1. The first-order valence-electron chi connectivity index (χ1n) is 5.68. The molecule has 11 nitrogen and oxygen atoms in total. The van der Waals surface area contributed by atoms with Crippen LogP contribution < -0.4 is 14.7 Å². The maximum Gasteiger partial charge on any atom is 0.280 e. The number of phosphoric ester groups is 1. The summed E-state index contributed by atoms with van der Waals surface area (Å²) >= 11 is 0. The van der Waals surface area contributed by atoms with Crippen LogP contribution in [0.5, 0.6) is 0 Å². The monoisotopic (exact) mass is 367 g/mol. The summed E-state index contributed by atoms with van der Waals surface area (Å²) in [7, 11) is -17.0. The molecular formula is C7H14O11P3-3. The molecule has 1 fully saturated rings. The Morgan fingerprint density at radius 1 is 1.14 bits per heavy atom. The van der Waals surface area contributed by atoms with Crippen molar-refractivity contribution in [2.24, 2.45) is 5.92 Å². The van der Waals surface area contributed by atoms with E-state index in [9.17, 15) is 28.4 Å². The summed E-state index contributed by atoms with van der Waals surface area (Å²) in [6.45, 7) is 3.17. The van der Waals surface area contributed by atoms with Gasteiger partial charge in [-0.3, -0.25) is 13.7 Å². The highest BCUT2D eigenvalue weighted by molar-refractivity contribution is 7.65. The van der Waals surface area contributed by atoms with Gasteiger partial charge in [-0.25, -0.2) is 8.62 Å². The van der Waals surface area contributed by atoms with Gasteiger partial charge in [0.05, 0.1) is 18.8 Å². The zero-order valence-electron chi connectivity index (χ0n) is 11.0. The van der Waals surface area contributed by atoms with Crippen molar-refractivity contribution in [1.29, 1.82) is 0 Å². The van der Waals surface area contributed by atoms with Crippen molar-refractivity contribution in [2.75, 3.05) is 6.61 Å². The second kappa shape index (κ2) is 6.86. The molecule has 0 aromatic carbocycles. The normalized spacial score (nSPS) is 34.9. The van der Waals surface area contributed by atoms with Crippen molar-refractivity contribution in [3.05, 3.63) is 0 Å². The van der Waals surface area contributed by atoms with Gasteiger partial charge < -0.3 is 28.8 Å². The third-order valence-corrected chi connectivity index (χ3v) is 6.36. The van der Waals surface area contributed by atoms with Crippen LogP contribution in [0.4, 0.5) is 0 Å². The van der Waals surface area contributed by atoms with Crippen LogP contribution in [-0.4, -0.2) is 23.7 Å². The maximum absolute atomic E-state index is 11.3. The molecular weight excluding hydrogens is 353 g/mol. The second-order valence-corrected chi connectivity index (χ2v) is 8.79. The van der Waals surface area contributed by atoms with Crippen LogP contribution in [-0.2, 0) is 31.6 Å². The molecule has 0 amide bonds. The van der Waals surface area contributed by atoms with Gasteiger partial charge in [0, 0.05) is 0 Å². The van der Waals surface area contributed by atoms with Crippen LogP contribution >= 0.6 is 23.5 Å². The van der Waals surface area contributed by atoms with E-state index in [1.807, 2.05) is 6.92 Å². The molecule has 1 aliphatic heterocycles. The number of rotatable bonds is 7. The molecule has 0 aliphatic carbocycles. The molecule has 1 saturated heterocycles. The molecule has 4 unspecified atom stereocenters. The summed E-state index contributed by atoms with van der Waals surface area (Å²) in [6.07, 6.45) is -0.185. The van der Waals surface area contributed by atoms with E-state index in [4.69, 9.17) is 9.63 Å². The lowest BCUT2D eigenvalue weighted by molar-refractivity contribution is -0.250. The molecule has 0 radical (unpaired) electrons. The minimum Gasteiger partial charge on any atom is -0.756 e. The molecule has 21 heavy (non-hydrogen) atoms. The fraction of sp³-hybridized carbons (Fsp3) is 1.00. The molecule has 1 aliphatic rings.